The highest BCUT2D eigenvalue weighted by Gasteiger charge is 2.40. The Kier molecular flexibility index (Phi) is 4.58. The number of alkyl halides is 3. The van der Waals surface area contributed by atoms with Gasteiger partial charge in [0.25, 0.3) is 0 Å². The molecule has 0 radical (unpaired) electrons. The first kappa shape index (κ1) is 15.8. The predicted octanol–water partition coefficient (Wildman–Crippen LogP) is 2.03. The quantitative estimate of drug-likeness (QED) is 0.863. The first-order valence-corrected chi connectivity index (χ1v) is 7.25. The van der Waals surface area contributed by atoms with Gasteiger partial charge < -0.3 is 5.73 Å². The fourth-order valence-corrected chi connectivity index (χ4v) is 2.97. The van der Waals surface area contributed by atoms with Crippen LogP contribution >= 0.6 is 11.8 Å². The normalized spacial score (nSPS) is 19.4. The van der Waals surface area contributed by atoms with E-state index in [2.05, 4.69) is 0 Å². The summed E-state index contributed by atoms with van der Waals surface area (Å²) in [7, 11) is 0. The van der Waals surface area contributed by atoms with Gasteiger partial charge in [0.2, 0.25) is 11.8 Å². The number of nitrogens with zero attached hydrogens (tertiary/aromatic N) is 1. The molecule has 1 aliphatic heterocycles. The van der Waals surface area contributed by atoms with Crippen molar-refractivity contribution >= 4 is 29.3 Å². The number of carbonyl (C=O) groups excluding carboxylic acids is 2. The molecule has 0 bridgehead atoms. The van der Waals surface area contributed by atoms with Gasteiger partial charge in [0, 0.05) is 18.7 Å². The van der Waals surface area contributed by atoms with Gasteiger partial charge in [-0.25, -0.2) is 4.90 Å². The zero-order valence-electron chi connectivity index (χ0n) is 10.9. The summed E-state index contributed by atoms with van der Waals surface area (Å²) in [4.78, 5) is 24.9. The number of hydrogen-bond acceptors (Lipinski definition) is 4. The third-order valence-corrected chi connectivity index (χ3v) is 4.22. The van der Waals surface area contributed by atoms with Gasteiger partial charge in [0.05, 0.1) is 16.5 Å². The van der Waals surface area contributed by atoms with Gasteiger partial charge in [-0.1, -0.05) is 6.07 Å². The Morgan fingerprint density at radius 1 is 1.33 bits per heavy atom. The van der Waals surface area contributed by atoms with E-state index in [0.29, 0.717) is 12.3 Å². The van der Waals surface area contributed by atoms with Crippen LogP contribution in [0.3, 0.4) is 0 Å². The average Bonchev–Trinajstić information content (AvgIpc) is 2.70. The van der Waals surface area contributed by atoms with Crippen molar-refractivity contribution in [1.29, 1.82) is 0 Å². The minimum atomic E-state index is -4.52. The fourth-order valence-electron chi connectivity index (χ4n) is 2.04. The fraction of sp³-hybridized carbons (Fsp3) is 0.385. The summed E-state index contributed by atoms with van der Waals surface area (Å²) in [6.07, 6.45) is -4.53. The number of nitrogens with two attached hydrogens (primary N) is 1. The third-order valence-electron chi connectivity index (χ3n) is 2.97. The number of amides is 2. The van der Waals surface area contributed by atoms with Crippen molar-refractivity contribution < 1.29 is 22.8 Å². The molecule has 1 saturated heterocycles. The highest BCUT2D eigenvalue weighted by atomic mass is 32.2. The van der Waals surface area contributed by atoms with Gasteiger partial charge in [-0.3, -0.25) is 9.59 Å². The summed E-state index contributed by atoms with van der Waals surface area (Å²) in [6, 6.07) is 4.21. The molecule has 21 heavy (non-hydrogen) atoms. The van der Waals surface area contributed by atoms with Gasteiger partial charge in [-0.15, -0.1) is 11.8 Å². The second kappa shape index (κ2) is 6.07. The summed E-state index contributed by atoms with van der Waals surface area (Å²) >= 11 is 1.24. The Bertz CT molecular complexity index is 563. The van der Waals surface area contributed by atoms with E-state index in [1.165, 1.54) is 23.9 Å². The van der Waals surface area contributed by atoms with E-state index < -0.39 is 28.8 Å². The molecular weight excluding hydrogens is 305 g/mol. The van der Waals surface area contributed by atoms with Crippen molar-refractivity contribution in [3.63, 3.8) is 0 Å². The molecule has 2 N–H and O–H groups in total. The first-order chi connectivity index (χ1) is 9.84. The molecule has 0 aromatic heterocycles. The maximum atomic E-state index is 12.7. The lowest BCUT2D eigenvalue weighted by molar-refractivity contribution is -0.137. The van der Waals surface area contributed by atoms with Crippen molar-refractivity contribution in [3.05, 3.63) is 29.8 Å². The van der Waals surface area contributed by atoms with Crippen LogP contribution in [0.5, 0.6) is 0 Å². The molecule has 1 aromatic carbocycles. The van der Waals surface area contributed by atoms with Crippen LogP contribution < -0.4 is 10.6 Å². The van der Waals surface area contributed by atoms with Crippen LogP contribution in [0, 0.1) is 0 Å². The highest BCUT2D eigenvalue weighted by Crippen LogP contribution is 2.34. The summed E-state index contributed by atoms with van der Waals surface area (Å²) in [5, 5.41) is -0.574. The van der Waals surface area contributed by atoms with E-state index in [1.807, 2.05) is 0 Å². The highest BCUT2D eigenvalue weighted by molar-refractivity contribution is 8.00. The molecule has 2 rings (SSSR count). The molecule has 1 atom stereocenters. The number of thioether (sulfide) groups is 1. The Hall–Kier alpha value is -1.54. The number of benzene rings is 1. The molecule has 4 nitrogen and oxygen atoms in total. The number of rotatable bonds is 4. The van der Waals surface area contributed by atoms with Crippen LogP contribution in [0.4, 0.5) is 18.9 Å². The predicted molar refractivity (Wildman–Crippen MR) is 73.9 cm³/mol. The lowest BCUT2D eigenvalue weighted by Crippen LogP contribution is -2.31. The molecule has 1 aliphatic rings. The van der Waals surface area contributed by atoms with Gasteiger partial charge >= 0.3 is 6.18 Å². The molecule has 1 heterocycles. The first-order valence-electron chi connectivity index (χ1n) is 6.20. The molecule has 2 amide bonds. The standard InChI is InChI=1S/C13H13F3N2O2S/c14-13(15,16)8-2-1-3-9(6-8)18-11(19)7-10(12(18)20)21-5-4-17/h1-3,6,10H,4-5,7,17H2. The SMILES string of the molecule is NCCSC1CC(=O)N(c2cccc(C(F)(F)F)c2)C1=O. The van der Waals surface area contributed by atoms with Crippen LogP contribution in [-0.2, 0) is 15.8 Å². The average molecular weight is 318 g/mol. The molecule has 0 aliphatic carbocycles. The lowest BCUT2D eigenvalue weighted by Gasteiger charge is -2.16. The number of imide groups is 1. The van der Waals surface area contributed by atoms with E-state index >= 15 is 0 Å². The zero-order chi connectivity index (χ0) is 15.6. The second-order valence-electron chi connectivity index (χ2n) is 4.47. The van der Waals surface area contributed by atoms with Gasteiger partial charge in [0.1, 0.15) is 0 Å². The van der Waals surface area contributed by atoms with Crippen molar-refractivity contribution in [2.24, 2.45) is 5.73 Å². The monoisotopic (exact) mass is 318 g/mol. The molecular formula is C13H13F3N2O2S. The van der Waals surface area contributed by atoms with E-state index in [-0.39, 0.29) is 12.1 Å². The minimum Gasteiger partial charge on any atom is -0.330 e. The number of halogens is 3. The second-order valence-corrected chi connectivity index (χ2v) is 5.78. The Morgan fingerprint density at radius 2 is 2.05 bits per heavy atom. The van der Waals surface area contributed by atoms with Crippen molar-refractivity contribution in [3.8, 4) is 0 Å². The molecule has 1 fully saturated rings. The molecule has 0 saturated carbocycles. The van der Waals surface area contributed by atoms with Crippen LogP contribution in [-0.4, -0.2) is 29.4 Å². The van der Waals surface area contributed by atoms with Gasteiger partial charge in [0.15, 0.2) is 0 Å². The zero-order valence-corrected chi connectivity index (χ0v) is 11.7. The maximum absolute atomic E-state index is 12.7. The Morgan fingerprint density at radius 3 is 2.67 bits per heavy atom. The smallest absolute Gasteiger partial charge is 0.330 e. The Balaban J connectivity index is 2.26. The molecule has 0 spiro atoms. The van der Waals surface area contributed by atoms with E-state index in [1.54, 1.807) is 0 Å². The topological polar surface area (TPSA) is 63.4 Å². The van der Waals surface area contributed by atoms with Gasteiger partial charge in [-0.2, -0.15) is 13.2 Å². The largest absolute Gasteiger partial charge is 0.416 e. The summed E-state index contributed by atoms with van der Waals surface area (Å²) in [5.41, 5.74) is 4.41. The van der Waals surface area contributed by atoms with Crippen LogP contribution in [0.2, 0.25) is 0 Å². The van der Waals surface area contributed by atoms with E-state index in [9.17, 15) is 22.8 Å². The van der Waals surface area contributed by atoms with Crippen molar-refractivity contribution in [2.45, 2.75) is 17.8 Å². The third kappa shape index (κ3) is 3.38. The number of carbonyl (C=O) groups is 2. The summed E-state index contributed by atoms with van der Waals surface area (Å²) in [5.74, 6) is -0.466. The van der Waals surface area contributed by atoms with Crippen molar-refractivity contribution in [1.82, 2.24) is 0 Å². The molecule has 114 valence electrons. The minimum absolute atomic E-state index is 0.0141. The number of hydrogen-bond donors (Lipinski definition) is 1. The van der Waals surface area contributed by atoms with E-state index in [0.717, 1.165) is 17.0 Å². The molecule has 8 heteroatoms. The Labute approximate surface area is 123 Å². The lowest BCUT2D eigenvalue weighted by atomic mass is 10.2. The van der Waals surface area contributed by atoms with Crippen LogP contribution in [0.15, 0.2) is 24.3 Å². The summed E-state index contributed by atoms with van der Waals surface area (Å²) < 4.78 is 38.1. The van der Waals surface area contributed by atoms with Crippen LogP contribution in [0.25, 0.3) is 0 Å². The van der Waals surface area contributed by atoms with E-state index in [4.69, 9.17) is 5.73 Å². The molecule has 1 unspecified atom stereocenters. The number of anilines is 1. The van der Waals surface area contributed by atoms with Gasteiger partial charge in [-0.05, 0) is 18.2 Å². The maximum Gasteiger partial charge on any atom is 0.416 e. The molecule has 1 aromatic rings. The van der Waals surface area contributed by atoms with Crippen LogP contribution in [0.1, 0.15) is 12.0 Å². The van der Waals surface area contributed by atoms with Crippen molar-refractivity contribution in [2.75, 3.05) is 17.2 Å². The summed E-state index contributed by atoms with van der Waals surface area (Å²) in [6.45, 7) is 0.367.